The molecule has 0 radical (unpaired) electrons. The number of aliphatic hydroxyl groups is 1. The molecule has 88 valence electrons. The van der Waals surface area contributed by atoms with Crippen molar-refractivity contribution >= 4 is 0 Å². The lowest BCUT2D eigenvalue weighted by atomic mass is 9.92. The van der Waals surface area contributed by atoms with Crippen LogP contribution in [0.5, 0.6) is 0 Å². The van der Waals surface area contributed by atoms with Gasteiger partial charge >= 0.3 is 0 Å². The summed E-state index contributed by atoms with van der Waals surface area (Å²) in [4.78, 5) is 0. The third-order valence-electron chi connectivity index (χ3n) is 2.75. The van der Waals surface area contributed by atoms with Crippen molar-refractivity contribution in [1.29, 1.82) is 0 Å². The van der Waals surface area contributed by atoms with Crippen LogP contribution < -0.4 is 0 Å². The van der Waals surface area contributed by atoms with Crippen LogP contribution in [-0.2, 0) is 4.74 Å². The molecule has 2 atom stereocenters. The van der Waals surface area contributed by atoms with Gasteiger partial charge in [-0.05, 0) is 12.5 Å². The van der Waals surface area contributed by atoms with Crippen LogP contribution in [0.25, 0.3) is 0 Å². The minimum Gasteiger partial charge on any atom is -0.394 e. The van der Waals surface area contributed by atoms with Gasteiger partial charge in [0.2, 0.25) is 0 Å². The average molecular weight is 220 g/mol. The summed E-state index contributed by atoms with van der Waals surface area (Å²) in [7, 11) is 0. The third kappa shape index (κ3) is 3.47. The van der Waals surface area contributed by atoms with E-state index in [1.807, 2.05) is 37.3 Å². The molecule has 1 aromatic carbocycles. The lowest BCUT2D eigenvalue weighted by Gasteiger charge is -2.25. The average Bonchev–Trinajstić information content (AvgIpc) is 2.30. The molecule has 0 aliphatic carbocycles. The summed E-state index contributed by atoms with van der Waals surface area (Å²) in [6.45, 7) is 8.47. The second kappa shape index (κ2) is 6.46. The maximum Gasteiger partial charge on any atom is 0.0888 e. The van der Waals surface area contributed by atoms with Gasteiger partial charge in [-0.25, -0.2) is 0 Å². The van der Waals surface area contributed by atoms with Crippen LogP contribution in [0.2, 0.25) is 0 Å². The van der Waals surface area contributed by atoms with Crippen LogP contribution in [0.3, 0.4) is 0 Å². The molecule has 16 heavy (non-hydrogen) atoms. The first-order chi connectivity index (χ1) is 7.66. The fraction of sp³-hybridized carbons (Fsp3) is 0.429. The lowest BCUT2D eigenvalue weighted by Crippen LogP contribution is -2.16. The Morgan fingerprint density at radius 1 is 1.38 bits per heavy atom. The molecule has 1 rings (SSSR count). The molecule has 0 saturated carbocycles. The van der Waals surface area contributed by atoms with Crippen LogP contribution >= 0.6 is 0 Å². The predicted molar refractivity (Wildman–Crippen MR) is 66.2 cm³/mol. The fourth-order valence-electron chi connectivity index (χ4n) is 1.61. The van der Waals surface area contributed by atoms with Gasteiger partial charge < -0.3 is 9.84 Å². The Morgan fingerprint density at radius 3 is 2.50 bits per heavy atom. The highest BCUT2D eigenvalue weighted by Crippen LogP contribution is 2.29. The zero-order valence-electron chi connectivity index (χ0n) is 10.0. The quantitative estimate of drug-likeness (QED) is 0.747. The molecule has 0 bridgehead atoms. The smallest absolute Gasteiger partial charge is 0.0888 e. The van der Waals surface area contributed by atoms with Crippen LogP contribution in [0.15, 0.2) is 42.5 Å². The van der Waals surface area contributed by atoms with E-state index in [0.29, 0.717) is 6.61 Å². The number of hydrogen-bond acceptors (Lipinski definition) is 2. The number of hydrogen-bond donors (Lipinski definition) is 1. The van der Waals surface area contributed by atoms with Crippen molar-refractivity contribution in [2.45, 2.75) is 20.0 Å². The molecule has 0 saturated heterocycles. The Morgan fingerprint density at radius 2 is 2.00 bits per heavy atom. The van der Waals surface area contributed by atoms with Crippen molar-refractivity contribution in [3.05, 3.63) is 48.0 Å². The van der Waals surface area contributed by atoms with Gasteiger partial charge in [0.25, 0.3) is 0 Å². The SMILES string of the molecule is C=C(C)[C@@H](C)[C@H](OCCO)c1ccccc1. The van der Waals surface area contributed by atoms with Gasteiger partial charge in [0.15, 0.2) is 0 Å². The monoisotopic (exact) mass is 220 g/mol. The second-order valence-electron chi connectivity index (χ2n) is 4.06. The van der Waals surface area contributed by atoms with Crippen molar-refractivity contribution in [1.82, 2.24) is 0 Å². The van der Waals surface area contributed by atoms with E-state index in [1.54, 1.807) is 0 Å². The summed E-state index contributed by atoms with van der Waals surface area (Å²) in [6.07, 6.45) is -0.0224. The Hall–Kier alpha value is -1.12. The highest BCUT2D eigenvalue weighted by molar-refractivity contribution is 5.20. The van der Waals surface area contributed by atoms with Crippen LogP contribution in [0, 0.1) is 5.92 Å². The molecule has 0 unspecified atom stereocenters. The minimum atomic E-state index is -0.0224. The van der Waals surface area contributed by atoms with Gasteiger partial charge in [0, 0.05) is 5.92 Å². The summed E-state index contributed by atoms with van der Waals surface area (Å²) >= 11 is 0. The molecule has 0 aliphatic rings. The Balaban J connectivity index is 2.83. The van der Waals surface area contributed by atoms with Crippen molar-refractivity contribution in [2.75, 3.05) is 13.2 Å². The summed E-state index contributed by atoms with van der Waals surface area (Å²) in [5.41, 5.74) is 2.22. The van der Waals surface area contributed by atoms with Crippen molar-refractivity contribution in [2.24, 2.45) is 5.92 Å². The van der Waals surface area contributed by atoms with Crippen molar-refractivity contribution in [3.8, 4) is 0 Å². The zero-order valence-corrected chi connectivity index (χ0v) is 10.0. The van der Waals surface area contributed by atoms with E-state index in [0.717, 1.165) is 11.1 Å². The summed E-state index contributed by atoms with van der Waals surface area (Å²) in [6, 6.07) is 10.1. The van der Waals surface area contributed by atoms with E-state index in [9.17, 15) is 0 Å². The van der Waals surface area contributed by atoms with Crippen LogP contribution in [0.1, 0.15) is 25.5 Å². The maximum absolute atomic E-state index is 8.84. The van der Waals surface area contributed by atoms with Gasteiger partial charge in [0.1, 0.15) is 0 Å². The van der Waals surface area contributed by atoms with Gasteiger partial charge in [-0.1, -0.05) is 49.4 Å². The molecule has 2 nitrogen and oxygen atoms in total. The molecule has 0 heterocycles. The van der Waals surface area contributed by atoms with E-state index in [1.165, 1.54) is 0 Å². The highest BCUT2D eigenvalue weighted by atomic mass is 16.5. The number of benzene rings is 1. The molecule has 2 heteroatoms. The summed E-state index contributed by atoms with van der Waals surface area (Å²) < 4.78 is 5.69. The minimum absolute atomic E-state index is 0.0224. The summed E-state index contributed by atoms with van der Waals surface area (Å²) in [5.74, 6) is 0.244. The zero-order chi connectivity index (χ0) is 12.0. The van der Waals surface area contributed by atoms with E-state index in [-0.39, 0.29) is 18.6 Å². The predicted octanol–water partition coefficient (Wildman–Crippen LogP) is 2.95. The third-order valence-corrected chi connectivity index (χ3v) is 2.75. The van der Waals surface area contributed by atoms with Gasteiger partial charge in [-0.2, -0.15) is 0 Å². The number of aliphatic hydroxyl groups excluding tert-OH is 1. The van der Waals surface area contributed by atoms with E-state index in [4.69, 9.17) is 9.84 Å². The largest absolute Gasteiger partial charge is 0.394 e. The molecular weight excluding hydrogens is 200 g/mol. The normalized spacial score (nSPS) is 14.4. The standard InChI is InChI=1S/C14H20O2/c1-11(2)12(3)14(16-10-9-15)13-7-5-4-6-8-13/h4-8,12,14-15H,1,9-10H2,2-3H3/t12-,14+/m1/s1. The highest BCUT2D eigenvalue weighted by Gasteiger charge is 2.20. The Labute approximate surface area is 97.6 Å². The molecule has 0 aromatic heterocycles. The molecule has 0 spiro atoms. The second-order valence-corrected chi connectivity index (χ2v) is 4.06. The Kier molecular flexibility index (Phi) is 5.23. The first-order valence-electron chi connectivity index (χ1n) is 5.59. The maximum atomic E-state index is 8.84. The van der Waals surface area contributed by atoms with Crippen molar-refractivity contribution in [3.63, 3.8) is 0 Å². The van der Waals surface area contributed by atoms with E-state index >= 15 is 0 Å². The van der Waals surface area contributed by atoms with Gasteiger partial charge in [0.05, 0.1) is 19.3 Å². The molecule has 1 aromatic rings. The van der Waals surface area contributed by atoms with Gasteiger partial charge in [-0.15, -0.1) is 0 Å². The first-order valence-corrected chi connectivity index (χ1v) is 5.59. The topological polar surface area (TPSA) is 29.5 Å². The lowest BCUT2D eigenvalue weighted by molar-refractivity contribution is 0.00575. The van der Waals surface area contributed by atoms with Crippen LogP contribution in [-0.4, -0.2) is 18.3 Å². The molecule has 0 amide bonds. The van der Waals surface area contributed by atoms with Crippen molar-refractivity contribution < 1.29 is 9.84 Å². The molecule has 1 N–H and O–H groups in total. The fourth-order valence-corrected chi connectivity index (χ4v) is 1.61. The van der Waals surface area contributed by atoms with E-state index in [2.05, 4.69) is 13.5 Å². The number of rotatable bonds is 6. The van der Waals surface area contributed by atoms with E-state index < -0.39 is 0 Å². The molecule has 0 fully saturated rings. The first kappa shape index (κ1) is 12.9. The number of ether oxygens (including phenoxy) is 1. The molecule has 0 aliphatic heterocycles. The van der Waals surface area contributed by atoms with Crippen LogP contribution in [0.4, 0.5) is 0 Å². The molecular formula is C14H20O2. The Bertz CT molecular complexity index is 319. The van der Waals surface area contributed by atoms with Gasteiger partial charge in [-0.3, -0.25) is 0 Å². The summed E-state index contributed by atoms with van der Waals surface area (Å²) in [5, 5.41) is 8.84.